The molecule has 0 spiro atoms. The molecule has 0 aliphatic carbocycles. The van der Waals surface area contributed by atoms with E-state index in [1.807, 2.05) is 6.07 Å². The fraction of sp³-hybridized carbons (Fsp3) is 0.500. The number of thioether (sulfide) groups is 1. The third-order valence-electron chi connectivity index (χ3n) is 2.16. The fourth-order valence-corrected chi connectivity index (χ4v) is 3.34. The second-order valence-corrected chi connectivity index (χ2v) is 6.23. The molecule has 0 radical (unpaired) electrons. The van der Waals surface area contributed by atoms with E-state index in [9.17, 15) is 0 Å². The predicted molar refractivity (Wildman–Crippen MR) is 70.3 cm³/mol. The molecule has 0 bridgehead atoms. The smallest absolute Gasteiger partial charge is 0.157 e. The average Bonchev–Trinajstić information content (AvgIpc) is 2.66. The molecule has 1 aliphatic rings. The zero-order valence-corrected chi connectivity index (χ0v) is 10.9. The number of thiophene rings is 1. The molecule has 2 heterocycles. The van der Waals surface area contributed by atoms with Crippen LogP contribution in [0.15, 0.2) is 17.1 Å². The van der Waals surface area contributed by atoms with Crippen LogP contribution in [0.2, 0.25) is 4.34 Å². The summed E-state index contributed by atoms with van der Waals surface area (Å²) in [6, 6.07) is 4.31. The Balaban J connectivity index is 1.97. The van der Waals surface area contributed by atoms with Crippen LogP contribution in [-0.4, -0.2) is 17.5 Å². The molecule has 0 fully saturated rings. The van der Waals surface area contributed by atoms with Crippen molar-refractivity contribution in [2.75, 3.05) is 12.3 Å². The van der Waals surface area contributed by atoms with Gasteiger partial charge in [-0.3, -0.25) is 4.99 Å². The number of nitrogens with one attached hydrogen (secondary N) is 1. The number of hydrogen-bond acceptors (Lipinski definition) is 4. The third kappa shape index (κ3) is 3.13. The van der Waals surface area contributed by atoms with Crippen molar-refractivity contribution in [2.45, 2.75) is 19.4 Å². The van der Waals surface area contributed by atoms with Crippen LogP contribution >= 0.6 is 34.7 Å². The van der Waals surface area contributed by atoms with E-state index in [2.05, 4.69) is 23.3 Å². The van der Waals surface area contributed by atoms with Crippen molar-refractivity contribution in [3.8, 4) is 0 Å². The van der Waals surface area contributed by atoms with Gasteiger partial charge in [-0.25, -0.2) is 0 Å². The van der Waals surface area contributed by atoms with Crippen molar-refractivity contribution in [1.29, 1.82) is 0 Å². The average molecular weight is 261 g/mol. The predicted octanol–water partition coefficient (Wildman–Crippen LogP) is 3.55. The van der Waals surface area contributed by atoms with Crippen LogP contribution in [0, 0.1) is 0 Å². The number of halogens is 1. The lowest BCUT2D eigenvalue weighted by atomic mass is 10.3. The van der Waals surface area contributed by atoms with Crippen molar-refractivity contribution in [3.05, 3.63) is 21.3 Å². The minimum atomic E-state index is 0.298. The summed E-state index contributed by atoms with van der Waals surface area (Å²) in [7, 11) is 0. The Labute approximate surface area is 103 Å². The van der Waals surface area contributed by atoms with E-state index in [-0.39, 0.29) is 0 Å². The molecule has 2 rings (SSSR count). The van der Waals surface area contributed by atoms with Crippen LogP contribution in [0.1, 0.15) is 24.3 Å². The molecule has 1 aromatic heterocycles. The van der Waals surface area contributed by atoms with Gasteiger partial charge in [0, 0.05) is 17.2 Å². The van der Waals surface area contributed by atoms with E-state index in [0.29, 0.717) is 6.04 Å². The van der Waals surface area contributed by atoms with Crippen molar-refractivity contribution in [3.63, 3.8) is 0 Å². The van der Waals surface area contributed by atoms with Gasteiger partial charge in [-0.2, -0.15) is 0 Å². The summed E-state index contributed by atoms with van der Waals surface area (Å²) in [6.07, 6.45) is 1.19. The van der Waals surface area contributed by atoms with Gasteiger partial charge in [-0.05, 0) is 25.5 Å². The Kier molecular flexibility index (Phi) is 3.94. The standard InChI is InChI=1S/C10H13ClN2S2/c1-7(8-3-4-9(11)15-8)13-10-12-5-2-6-14-10/h3-4,7H,2,5-6H2,1H3,(H,12,13). The van der Waals surface area contributed by atoms with Crippen LogP contribution in [0.25, 0.3) is 0 Å². The fourth-order valence-electron chi connectivity index (χ4n) is 1.36. The van der Waals surface area contributed by atoms with Gasteiger partial charge in [0.15, 0.2) is 5.17 Å². The molecule has 2 nitrogen and oxygen atoms in total. The maximum atomic E-state index is 5.90. The van der Waals surface area contributed by atoms with Crippen molar-refractivity contribution >= 4 is 39.9 Å². The van der Waals surface area contributed by atoms with Gasteiger partial charge in [0.2, 0.25) is 0 Å². The minimum absolute atomic E-state index is 0.298. The van der Waals surface area contributed by atoms with Gasteiger partial charge < -0.3 is 5.32 Å². The van der Waals surface area contributed by atoms with E-state index in [4.69, 9.17) is 11.6 Å². The molecule has 1 atom stereocenters. The quantitative estimate of drug-likeness (QED) is 0.880. The lowest BCUT2D eigenvalue weighted by Gasteiger charge is -2.17. The highest BCUT2D eigenvalue weighted by Gasteiger charge is 2.12. The van der Waals surface area contributed by atoms with Crippen molar-refractivity contribution in [2.24, 2.45) is 4.99 Å². The largest absolute Gasteiger partial charge is 0.358 e. The number of aliphatic imine (C=N–C) groups is 1. The first-order valence-electron chi connectivity index (χ1n) is 4.95. The summed E-state index contributed by atoms with van der Waals surface area (Å²) in [5.74, 6) is 1.17. The first-order valence-corrected chi connectivity index (χ1v) is 7.13. The Hall–Kier alpha value is -0.190. The van der Waals surface area contributed by atoms with Gasteiger partial charge >= 0.3 is 0 Å². The topological polar surface area (TPSA) is 24.4 Å². The van der Waals surface area contributed by atoms with Crippen LogP contribution in [0.3, 0.4) is 0 Å². The van der Waals surface area contributed by atoms with Crippen molar-refractivity contribution < 1.29 is 0 Å². The highest BCUT2D eigenvalue weighted by molar-refractivity contribution is 8.13. The second kappa shape index (κ2) is 5.23. The summed E-state index contributed by atoms with van der Waals surface area (Å²) in [6.45, 7) is 3.09. The molecule has 1 N–H and O–H groups in total. The van der Waals surface area contributed by atoms with E-state index in [0.717, 1.165) is 16.0 Å². The first kappa shape index (κ1) is 11.3. The summed E-state index contributed by atoms with van der Waals surface area (Å²) < 4.78 is 0.844. The molecular formula is C10H13ClN2S2. The van der Waals surface area contributed by atoms with Gasteiger partial charge in [0.05, 0.1) is 10.4 Å². The molecule has 0 aromatic carbocycles. The van der Waals surface area contributed by atoms with Gasteiger partial charge in [-0.1, -0.05) is 23.4 Å². The van der Waals surface area contributed by atoms with Crippen LogP contribution < -0.4 is 5.32 Å². The number of rotatable bonds is 2. The SMILES string of the molecule is CC(NC1=NCCCS1)c1ccc(Cl)s1. The Morgan fingerprint density at radius 2 is 2.40 bits per heavy atom. The van der Waals surface area contributed by atoms with E-state index in [1.165, 1.54) is 17.1 Å². The second-order valence-electron chi connectivity index (χ2n) is 3.40. The Morgan fingerprint density at radius 1 is 1.53 bits per heavy atom. The summed E-state index contributed by atoms with van der Waals surface area (Å²) in [4.78, 5) is 5.70. The molecule has 1 aromatic rings. The Morgan fingerprint density at radius 3 is 3.00 bits per heavy atom. The summed E-state index contributed by atoms with van der Waals surface area (Å²) in [5, 5.41) is 4.48. The zero-order valence-electron chi connectivity index (χ0n) is 8.50. The third-order valence-corrected chi connectivity index (χ3v) is 4.58. The van der Waals surface area contributed by atoms with Crippen LogP contribution in [0.5, 0.6) is 0 Å². The van der Waals surface area contributed by atoms with E-state index >= 15 is 0 Å². The molecule has 0 amide bonds. The summed E-state index contributed by atoms with van der Waals surface area (Å²) in [5.41, 5.74) is 0. The molecular weight excluding hydrogens is 248 g/mol. The number of hydrogen-bond donors (Lipinski definition) is 1. The van der Waals surface area contributed by atoms with Crippen molar-refractivity contribution in [1.82, 2.24) is 5.32 Å². The molecule has 1 aliphatic heterocycles. The molecule has 5 heteroatoms. The summed E-state index contributed by atoms with van der Waals surface area (Å²) >= 11 is 9.33. The zero-order chi connectivity index (χ0) is 10.7. The maximum absolute atomic E-state index is 5.90. The highest BCUT2D eigenvalue weighted by atomic mass is 35.5. The first-order chi connectivity index (χ1) is 7.25. The Bertz CT molecular complexity index is 362. The molecule has 0 saturated carbocycles. The number of amidine groups is 1. The normalized spacial score (nSPS) is 18.4. The molecule has 82 valence electrons. The van der Waals surface area contributed by atoms with E-state index < -0.39 is 0 Å². The van der Waals surface area contributed by atoms with Gasteiger partial charge in [-0.15, -0.1) is 11.3 Å². The van der Waals surface area contributed by atoms with Gasteiger partial charge in [0.25, 0.3) is 0 Å². The van der Waals surface area contributed by atoms with Crippen LogP contribution in [-0.2, 0) is 0 Å². The molecule has 0 saturated heterocycles. The number of nitrogens with zero attached hydrogens (tertiary/aromatic N) is 1. The lowest BCUT2D eigenvalue weighted by molar-refractivity contribution is 0.732. The van der Waals surface area contributed by atoms with Gasteiger partial charge in [0.1, 0.15) is 0 Å². The maximum Gasteiger partial charge on any atom is 0.157 e. The minimum Gasteiger partial charge on any atom is -0.358 e. The molecule has 1 unspecified atom stereocenters. The lowest BCUT2D eigenvalue weighted by Crippen LogP contribution is -2.26. The molecule has 15 heavy (non-hydrogen) atoms. The van der Waals surface area contributed by atoms with Crippen LogP contribution in [0.4, 0.5) is 0 Å². The highest BCUT2D eigenvalue weighted by Crippen LogP contribution is 2.27. The monoisotopic (exact) mass is 260 g/mol. The van der Waals surface area contributed by atoms with E-state index in [1.54, 1.807) is 23.1 Å².